The van der Waals surface area contributed by atoms with Crippen molar-refractivity contribution >= 4 is 11.3 Å². The predicted molar refractivity (Wildman–Crippen MR) is 70.6 cm³/mol. The Bertz CT molecular complexity index is 358. The summed E-state index contributed by atoms with van der Waals surface area (Å²) in [5.41, 5.74) is 1.21. The molecule has 1 atom stereocenters. The average Bonchev–Trinajstić information content (AvgIpc) is 2.78. The number of rotatable bonds is 4. The lowest BCUT2D eigenvalue weighted by molar-refractivity contribution is -0.110. The fourth-order valence-electron chi connectivity index (χ4n) is 2.68. The number of nitrogens with one attached hydrogen (secondary N) is 1. The second-order valence-electron chi connectivity index (χ2n) is 4.59. The number of hydrogen-bond donors (Lipinski definition) is 1. The number of likely N-dealkylation sites (N-methyl/N-ethyl adjacent to an activating group) is 1. The van der Waals surface area contributed by atoms with Crippen LogP contribution in [0, 0.1) is 6.92 Å². The summed E-state index contributed by atoms with van der Waals surface area (Å²) >= 11 is 1.79. The van der Waals surface area contributed by atoms with Crippen LogP contribution in [0.4, 0.5) is 0 Å². The Morgan fingerprint density at radius 2 is 2.18 bits per heavy atom. The topological polar surface area (TPSA) is 30.5 Å². The molecule has 0 spiro atoms. The van der Waals surface area contributed by atoms with Crippen LogP contribution in [0.5, 0.6) is 0 Å². The Balaban J connectivity index is 2.26. The smallest absolute Gasteiger partial charge is 0.0916 e. The average molecular weight is 255 g/mol. The second kappa shape index (κ2) is 5.48. The third-order valence-corrected chi connectivity index (χ3v) is 4.52. The molecular weight excluding hydrogens is 234 g/mol. The fraction of sp³-hybridized carbons (Fsp3) is 0.692. The van der Waals surface area contributed by atoms with Crippen molar-refractivity contribution in [1.29, 1.82) is 0 Å². The van der Waals surface area contributed by atoms with Crippen LogP contribution in [-0.2, 0) is 9.47 Å². The highest BCUT2D eigenvalue weighted by Gasteiger charge is 2.41. The quantitative estimate of drug-likeness (QED) is 0.896. The first kappa shape index (κ1) is 13.0. The van der Waals surface area contributed by atoms with Crippen LogP contribution in [-0.4, -0.2) is 33.0 Å². The van der Waals surface area contributed by atoms with Crippen molar-refractivity contribution in [3.05, 3.63) is 21.9 Å². The summed E-state index contributed by atoms with van der Waals surface area (Å²) in [6.07, 6.45) is 1.90. The van der Waals surface area contributed by atoms with Gasteiger partial charge < -0.3 is 14.8 Å². The molecule has 0 radical (unpaired) electrons. The fourth-order valence-corrected chi connectivity index (χ4v) is 3.41. The maximum absolute atomic E-state index is 5.86. The molecule has 1 N–H and O–H groups in total. The van der Waals surface area contributed by atoms with Gasteiger partial charge in [-0.05, 0) is 31.0 Å². The van der Waals surface area contributed by atoms with Gasteiger partial charge >= 0.3 is 0 Å². The lowest BCUT2D eigenvalue weighted by Gasteiger charge is -2.42. The first-order valence-corrected chi connectivity index (χ1v) is 6.95. The van der Waals surface area contributed by atoms with Crippen LogP contribution in [0.15, 0.2) is 11.4 Å². The molecule has 1 aromatic heterocycles. The van der Waals surface area contributed by atoms with E-state index in [4.69, 9.17) is 9.47 Å². The van der Waals surface area contributed by atoms with Crippen LogP contribution in [0.1, 0.15) is 29.3 Å². The Labute approximate surface area is 107 Å². The van der Waals surface area contributed by atoms with Crippen molar-refractivity contribution in [2.45, 2.75) is 31.4 Å². The molecule has 0 saturated carbocycles. The molecular formula is C13H21NO2S. The normalized spacial score (nSPS) is 21.4. The van der Waals surface area contributed by atoms with Gasteiger partial charge in [0.15, 0.2) is 0 Å². The summed E-state index contributed by atoms with van der Waals surface area (Å²) in [5, 5.41) is 5.65. The first-order chi connectivity index (χ1) is 8.22. The predicted octanol–water partition coefficient (Wildman–Crippen LogP) is 2.51. The van der Waals surface area contributed by atoms with Crippen molar-refractivity contribution in [2.24, 2.45) is 0 Å². The van der Waals surface area contributed by atoms with E-state index < -0.39 is 0 Å². The Morgan fingerprint density at radius 1 is 1.47 bits per heavy atom. The summed E-state index contributed by atoms with van der Waals surface area (Å²) < 4.78 is 11.3. The molecule has 0 aromatic carbocycles. The summed E-state index contributed by atoms with van der Waals surface area (Å²) in [6, 6.07) is 2.50. The van der Waals surface area contributed by atoms with E-state index in [0.717, 1.165) is 26.1 Å². The summed E-state index contributed by atoms with van der Waals surface area (Å²) in [5.74, 6) is 0. The molecule has 1 fully saturated rings. The molecule has 1 aliphatic rings. The molecule has 17 heavy (non-hydrogen) atoms. The van der Waals surface area contributed by atoms with E-state index >= 15 is 0 Å². The third-order valence-electron chi connectivity index (χ3n) is 3.64. The molecule has 96 valence electrons. The van der Waals surface area contributed by atoms with Crippen LogP contribution < -0.4 is 5.32 Å². The molecule has 0 bridgehead atoms. The highest BCUT2D eigenvalue weighted by Crippen LogP contribution is 2.38. The van der Waals surface area contributed by atoms with Gasteiger partial charge in [0, 0.05) is 38.0 Å². The van der Waals surface area contributed by atoms with Gasteiger partial charge in [0.25, 0.3) is 0 Å². The van der Waals surface area contributed by atoms with Gasteiger partial charge in [0.05, 0.1) is 11.6 Å². The van der Waals surface area contributed by atoms with Gasteiger partial charge in [0.2, 0.25) is 0 Å². The molecule has 4 heteroatoms. The highest BCUT2D eigenvalue weighted by molar-refractivity contribution is 7.10. The molecule has 1 saturated heterocycles. The zero-order valence-electron chi connectivity index (χ0n) is 10.8. The molecule has 1 aliphatic heterocycles. The van der Waals surface area contributed by atoms with Crippen LogP contribution >= 0.6 is 11.3 Å². The van der Waals surface area contributed by atoms with E-state index in [1.54, 1.807) is 11.3 Å². The van der Waals surface area contributed by atoms with Crippen molar-refractivity contribution < 1.29 is 9.47 Å². The zero-order valence-corrected chi connectivity index (χ0v) is 11.6. The van der Waals surface area contributed by atoms with Crippen LogP contribution in [0.25, 0.3) is 0 Å². The molecule has 0 aliphatic carbocycles. The van der Waals surface area contributed by atoms with Gasteiger partial charge in [-0.1, -0.05) is 0 Å². The minimum absolute atomic E-state index is 0.124. The van der Waals surface area contributed by atoms with Gasteiger partial charge in [-0.25, -0.2) is 0 Å². The van der Waals surface area contributed by atoms with Crippen molar-refractivity contribution in [3.63, 3.8) is 0 Å². The Hall–Kier alpha value is -0.420. The first-order valence-electron chi connectivity index (χ1n) is 6.07. The van der Waals surface area contributed by atoms with Crippen molar-refractivity contribution in [1.82, 2.24) is 5.32 Å². The number of hydrogen-bond acceptors (Lipinski definition) is 4. The number of aryl methyl sites for hydroxylation is 1. The second-order valence-corrected chi connectivity index (χ2v) is 5.71. The van der Waals surface area contributed by atoms with E-state index in [-0.39, 0.29) is 11.6 Å². The van der Waals surface area contributed by atoms with Crippen molar-refractivity contribution in [3.8, 4) is 0 Å². The number of methoxy groups -OCH3 is 1. The third kappa shape index (κ3) is 2.55. The Morgan fingerprint density at radius 3 is 2.65 bits per heavy atom. The Kier molecular flexibility index (Phi) is 4.20. The number of ether oxygens (including phenoxy) is 2. The van der Waals surface area contributed by atoms with E-state index in [0.29, 0.717) is 0 Å². The maximum Gasteiger partial charge on any atom is 0.0916 e. The van der Waals surface area contributed by atoms with Crippen LogP contribution in [0.3, 0.4) is 0 Å². The highest BCUT2D eigenvalue weighted by atomic mass is 32.1. The van der Waals surface area contributed by atoms with E-state index in [1.807, 2.05) is 14.2 Å². The van der Waals surface area contributed by atoms with Crippen LogP contribution in [0.2, 0.25) is 0 Å². The molecule has 1 aromatic rings. The largest absolute Gasteiger partial charge is 0.381 e. The minimum Gasteiger partial charge on any atom is -0.381 e. The maximum atomic E-state index is 5.86. The molecule has 2 rings (SSSR count). The van der Waals surface area contributed by atoms with E-state index in [1.165, 1.54) is 10.4 Å². The zero-order chi connectivity index (χ0) is 12.3. The van der Waals surface area contributed by atoms with E-state index in [9.17, 15) is 0 Å². The van der Waals surface area contributed by atoms with Gasteiger partial charge in [-0.15, -0.1) is 11.3 Å². The molecule has 2 heterocycles. The summed E-state index contributed by atoms with van der Waals surface area (Å²) in [6.45, 7) is 3.72. The van der Waals surface area contributed by atoms with Gasteiger partial charge in [0.1, 0.15) is 0 Å². The monoisotopic (exact) mass is 255 g/mol. The minimum atomic E-state index is -0.124. The SMILES string of the molecule is CNC(c1csc(C)c1)C1(OC)CCOCC1. The standard InChI is InChI=1S/C13H21NO2S/c1-10-8-11(9-17-10)12(14-2)13(15-3)4-6-16-7-5-13/h8-9,12,14H,4-7H2,1-3H3. The molecule has 3 nitrogen and oxygen atoms in total. The van der Waals surface area contributed by atoms with Gasteiger partial charge in [-0.2, -0.15) is 0 Å². The van der Waals surface area contributed by atoms with E-state index in [2.05, 4.69) is 23.7 Å². The molecule has 0 amide bonds. The number of thiophene rings is 1. The lowest BCUT2D eigenvalue weighted by atomic mass is 9.83. The van der Waals surface area contributed by atoms with Gasteiger partial charge in [-0.3, -0.25) is 0 Å². The van der Waals surface area contributed by atoms with Crippen molar-refractivity contribution in [2.75, 3.05) is 27.4 Å². The lowest BCUT2D eigenvalue weighted by Crippen LogP contribution is -2.48. The summed E-state index contributed by atoms with van der Waals surface area (Å²) in [4.78, 5) is 1.35. The summed E-state index contributed by atoms with van der Waals surface area (Å²) in [7, 11) is 3.82. The molecule has 1 unspecified atom stereocenters.